The number of rotatable bonds is 3. The van der Waals surface area contributed by atoms with Gasteiger partial charge in [-0.2, -0.15) is 5.26 Å². The number of ether oxygens (including phenoxy) is 1. The Morgan fingerprint density at radius 3 is 2.85 bits per heavy atom. The third-order valence-corrected chi connectivity index (χ3v) is 3.25. The highest BCUT2D eigenvalue weighted by Gasteiger charge is 2.22. The maximum Gasteiger partial charge on any atom is 0.244 e. The molecule has 0 saturated carbocycles. The van der Waals surface area contributed by atoms with Gasteiger partial charge in [0.1, 0.15) is 6.04 Å². The second-order valence-electron chi connectivity index (χ2n) is 4.72. The number of nitrogens with two attached hydrogens (primary N) is 1. The maximum absolute atomic E-state index is 12.3. The van der Waals surface area contributed by atoms with Gasteiger partial charge in [0, 0.05) is 13.1 Å². The number of nitrogens with zero attached hydrogens (tertiary/aromatic N) is 2. The molecule has 0 aliphatic carbocycles. The number of nitrogen functional groups attached to an aromatic ring is 1. The Kier molecular flexibility index (Phi) is 4.43. The fraction of sp³-hybridized carbons (Fsp3) is 0.429. The maximum atomic E-state index is 12.3. The van der Waals surface area contributed by atoms with Crippen molar-refractivity contribution in [2.45, 2.75) is 13.0 Å². The van der Waals surface area contributed by atoms with E-state index in [1.54, 1.807) is 30.0 Å². The van der Waals surface area contributed by atoms with E-state index in [1.807, 2.05) is 0 Å². The molecule has 1 atom stereocenters. The van der Waals surface area contributed by atoms with Crippen molar-refractivity contribution in [2.24, 2.45) is 0 Å². The van der Waals surface area contributed by atoms with E-state index >= 15 is 0 Å². The van der Waals surface area contributed by atoms with Gasteiger partial charge >= 0.3 is 0 Å². The van der Waals surface area contributed by atoms with Crippen molar-refractivity contribution >= 4 is 17.3 Å². The molecule has 1 amide bonds. The van der Waals surface area contributed by atoms with Crippen molar-refractivity contribution in [2.75, 3.05) is 37.4 Å². The van der Waals surface area contributed by atoms with Crippen LogP contribution in [0, 0.1) is 11.3 Å². The van der Waals surface area contributed by atoms with E-state index in [9.17, 15) is 4.79 Å². The molecule has 1 aliphatic rings. The van der Waals surface area contributed by atoms with Crippen LogP contribution in [-0.4, -0.2) is 43.2 Å². The van der Waals surface area contributed by atoms with Crippen LogP contribution in [-0.2, 0) is 9.53 Å². The Morgan fingerprint density at radius 1 is 1.50 bits per heavy atom. The molecule has 0 radical (unpaired) electrons. The normalized spacial score (nSPS) is 16.3. The molecular formula is C14H18N4O2. The molecule has 1 unspecified atom stereocenters. The van der Waals surface area contributed by atoms with Crippen LogP contribution in [0.3, 0.4) is 0 Å². The number of morpholine rings is 1. The van der Waals surface area contributed by atoms with Gasteiger partial charge in [0.2, 0.25) is 5.91 Å². The van der Waals surface area contributed by atoms with Gasteiger partial charge < -0.3 is 20.7 Å². The predicted molar refractivity (Wildman–Crippen MR) is 76.1 cm³/mol. The summed E-state index contributed by atoms with van der Waals surface area (Å²) in [4.78, 5) is 14.0. The Bertz CT molecular complexity index is 532. The molecule has 1 fully saturated rings. The summed E-state index contributed by atoms with van der Waals surface area (Å²) in [6.45, 7) is 4.16. The number of hydrogen-bond donors (Lipinski definition) is 2. The molecule has 0 bridgehead atoms. The summed E-state index contributed by atoms with van der Waals surface area (Å²) >= 11 is 0. The minimum absolute atomic E-state index is 0.00932. The third kappa shape index (κ3) is 3.19. The van der Waals surface area contributed by atoms with E-state index in [2.05, 4.69) is 11.4 Å². The molecular weight excluding hydrogens is 256 g/mol. The van der Waals surface area contributed by atoms with Crippen LogP contribution in [0.2, 0.25) is 0 Å². The van der Waals surface area contributed by atoms with Crippen molar-refractivity contribution < 1.29 is 9.53 Å². The minimum atomic E-state index is -0.399. The van der Waals surface area contributed by atoms with Crippen LogP contribution >= 0.6 is 0 Å². The lowest BCUT2D eigenvalue weighted by Crippen LogP contribution is -2.47. The smallest absolute Gasteiger partial charge is 0.244 e. The van der Waals surface area contributed by atoms with Crippen LogP contribution in [0.4, 0.5) is 11.4 Å². The SMILES string of the molecule is CC(Nc1cc(C#N)ccc1N)C(=O)N1CCOCC1. The number of nitrogens with one attached hydrogen (secondary N) is 1. The molecule has 3 N–H and O–H groups in total. The molecule has 20 heavy (non-hydrogen) atoms. The number of nitriles is 1. The lowest BCUT2D eigenvalue weighted by atomic mass is 10.1. The fourth-order valence-electron chi connectivity index (χ4n) is 2.10. The quantitative estimate of drug-likeness (QED) is 0.795. The van der Waals surface area contributed by atoms with Gasteiger partial charge in [-0.3, -0.25) is 4.79 Å². The Morgan fingerprint density at radius 2 is 2.20 bits per heavy atom. The molecule has 6 heteroatoms. The number of amides is 1. The van der Waals surface area contributed by atoms with Crippen molar-refractivity contribution in [1.82, 2.24) is 4.90 Å². The lowest BCUT2D eigenvalue weighted by molar-refractivity contribution is -0.135. The monoisotopic (exact) mass is 274 g/mol. The average Bonchev–Trinajstić information content (AvgIpc) is 2.49. The summed E-state index contributed by atoms with van der Waals surface area (Å²) in [6.07, 6.45) is 0. The summed E-state index contributed by atoms with van der Waals surface area (Å²) in [7, 11) is 0. The van der Waals surface area contributed by atoms with E-state index in [0.29, 0.717) is 43.2 Å². The standard InChI is InChI=1S/C14H18N4O2/c1-10(14(19)18-4-6-20-7-5-18)17-13-8-11(9-15)2-3-12(13)16/h2-3,8,10,17H,4-7,16H2,1H3. The van der Waals surface area contributed by atoms with Gasteiger partial charge in [-0.05, 0) is 25.1 Å². The van der Waals surface area contributed by atoms with Gasteiger partial charge in [0.25, 0.3) is 0 Å². The summed E-state index contributed by atoms with van der Waals surface area (Å²) in [6, 6.07) is 6.61. The first-order valence-electron chi connectivity index (χ1n) is 6.54. The summed E-state index contributed by atoms with van der Waals surface area (Å²) in [5.41, 5.74) is 7.49. The number of carbonyl (C=O) groups excluding carboxylic acids is 1. The van der Waals surface area contributed by atoms with E-state index in [0.717, 1.165) is 0 Å². The van der Waals surface area contributed by atoms with Crippen LogP contribution in [0.1, 0.15) is 12.5 Å². The number of benzene rings is 1. The average molecular weight is 274 g/mol. The Labute approximate surface area is 118 Å². The Hall–Kier alpha value is -2.26. The van der Waals surface area contributed by atoms with Crippen LogP contribution in [0.5, 0.6) is 0 Å². The minimum Gasteiger partial charge on any atom is -0.397 e. The molecule has 1 saturated heterocycles. The second kappa shape index (κ2) is 6.26. The first-order chi connectivity index (χ1) is 9.61. The van der Waals surface area contributed by atoms with Crippen LogP contribution < -0.4 is 11.1 Å². The van der Waals surface area contributed by atoms with Crippen molar-refractivity contribution in [3.05, 3.63) is 23.8 Å². The molecule has 1 aliphatic heterocycles. The van der Waals surface area contributed by atoms with E-state index in [1.165, 1.54) is 0 Å². The van der Waals surface area contributed by atoms with Gasteiger partial charge in [0.05, 0.1) is 36.2 Å². The third-order valence-electron chi connectivity index (χ3n) is 3.25. The summed E-state index contributed by atoms with van der Waals surface area (Å²) in [5, 5.41) is 12.0. The first kappa shape index (κ1) is 14.2. The predicted octanol–water partition coefficient (Wildman–Crippen LogP) is 0.800. The first-order valence-corrected chi connectivity index (χ1v) is 6.54. The van der Waals surface area contributed by atoms with E-state index < -0.39 is 6.04 Å². The molecule has 2 rings (SSSR count). The zero-order chi connectivity index (χ0) is 14.5. The highest BCUT2D eigenvalue weighted by Crippen LogP contribution is 2.21. The number of hydrogen-bond acceptors (Lipinski definition) is 5. The van der Waals surface area contributed by atoms with Crippen molar-refractivity contribution in [1.29, 1.82) is 5.26 Å². The summed E-state index contributed by atoms with van der Waals surface area (Å²) in [5.74, 6) is 0.00932. The van der Waals surface area contributed by atoms with Gasteiger partial charge in [-0.25, -0.2) is 0 Å². The molecule has 0 spiro atoms. The molecule has 6 nitrogen and oxygen atoms in total. The highest BCUT2D eigenvalue weighted by molar-refractivity contribution is 5.85. The van der Waals surface area contributed by atoms with E-state index in [4.69, 9.17) is 15.7 Å². The van der Waals surface area contributed by atoms with E-state index in [-0.39, 0.29) is 5.91 Å². The van der Waals surface area contributed by atoms with Gasteiger partial charge in [-0.1, -0.05) is 0 Å². The van der Waals surface area contributed by atoms with Crippen LogP contribution in [0.25, 0.3) is 0 Å². The molecule has 1 aromatic rings. The van der Waals surface area contributed by atoms with Gasteiger partial charge in [0.15, 0.2) is 0 Å². The number of anilines is 2. The second-order valence-corrected chi connectivity index (χ2v) is 4.72. The number of carbonyl (C=O) groups is 1. The molecule has 0 aromatic heterocycles. The molecule has 106 valence electrons. The van der Waals surface area contributed by atoms with Crippen molar-refractivity contribution in [3.8, 4) is 6.07 Å². The topological polar surface area (TPSA) is 91.4 Å². The zero-order valence-electron chi connectivity index (χ0n) is 11.4. The fourth-order valence-corrected chi connectivity index (χ4v) is 2.10. The zero-order valence-corrected chi connectivity index (χ0v) is 11.4. The van der Waals surface area contributed by atoms with Crippen LogP contribution in [0.15, 0.2) is 18.2 Å². The lowest BCUT2D eigenvalue weighted by Gasteiger charge is -2.30. The summed E-state index contributed by atoms with van der Waals surface area (Å²) < 4.78 is 5.23. The Balaban J connectivity index is 2.05. The molecule has 1 heterocycles. The van der Waals surface area contributed by atoms with Crippen molar-refractivity contribution in [3.63, 3.8) is 0 Å². The highest BCUT2D eigenvalue weighted by atomic mass is 16.5. The molecule has 1 aromatic carbocycles. The van der Waals surface area contributed by atoms with Gasteiger partial charge in [-0.15, -0.1) is 0 Å². The largest absolute Gasteiger partial charge is 0.397 e.